The van der Waals surface area contributed by atoms with Gasteiger partial charge in [0.05, 0.1) is 25.4 Å². The molecule has 6 nitrogen and oxygen atoms in total. The van der Waals surface area contributed by atoms with Crippen LogP contribution in [0.1, 0.15) is 19.4 Å². The Bertz CT molecular complexity index is 790. The quantitative estimate of drug-likeness (QED) is 0.658. The smallest absolute Gasteiger partial charge is 0.333 e. The number of para-hydroxylation sites is 2. The van der Waals surface area contributed by atoms with Crippen LogP contribution in [0.5, 0.6) is 11.5 Å². The molecule has 0 radical (unpaired) electrons. The van der Waals surface area contributed by atoms with Gasteiger partial charge in [0.1, 0.15) is 24.7 Å². The number of carboxylic acid groups (broad SMARTS) is 1. The van der Waals surface area contributed by atoms with Gasteiger partial charge in [0.2, 0.25) is 0 Å². The highest BCUT2D eigenvalue weighted by atomic mass is 16.5. The van der Waals surface area contributed by atoms with Crippen LogP contribution in [0.2, 0.25) is 0 Å². The summed E-state index contributed by atoms with van der Waals surface area (Å²) in [6, 6.07) is 15.6. The molecule has 0 saturated carbocycles. The van der Waals surface area contributed by atoms with Crippen LogP contribution in [0.4, 0.5) is 5.69 Å². The van der Waals surface area contributed by atoms with E-state index in [0.29, 0.717) is 32.2 Å². The fraction of sp³-hybridized carbons (Fsp3) is 0.435. The van der Waals surface area contributed by atoms with E-state index in [9.17, 15) is 9.90 Å². The van der Waals surface area contributed by atoms with Crippen LogP contribution in [0.15, 0.2) is 48.5 Å². The number of hydrogen-bond donors (Lipinski definition) is 1. The van der Waals surface area contributed by atoms with E-state index in [-0.39, 0.29) is 0 Å². The van der Waals surface area contributed by atoms with Crippen molar-refractivity contribution >= 4 is 11.7 Å². The summed E-state index contributed by atoms with van der Waals surface area (Å²) in [5, 5.41) is 9.35. The summed E-state index contributed by atoms with van der Waals surface area (Å²) in [6.07, 6.45) is -0.488. The summed E-state index contributed by atoms with van der Waals surface area (Å²) in [5.74, 6) is 1.05. The second-order valence-corrected chi connectivity index (χ2v) is 7.55. The molecule has 29 heavy (non-hydrogen) atoms. The molecule has 3 rings (SSSR count). The minimum atomic E-state index is -0.934. The van der Waals surface area contributed by atoms with Crippen molar-refractivity contribution in [3.05, 3.63) is 54.1 Å². The Morgan fingerprint density at radius 1 is 1.17 bits per heavy atom. The maximum absolute atomic E-state index is 11.4. The molecule has 2 aromatic carbocycles. The fourth-order valence-corrected chi connectivity index (χ4v) is 3.19. The third kappa shape index (κ3) is 6.12. The highest BCUT2D eigenvalue weighted by Crippen LogP contribution is 2.30. The van der Waals surface area contributed by atoms with E-state index in [4.69, 9.17) is 14.2 Å². The predicted octanol–water partition coefficient (Wildman–Crippen LogP) is 3.63. The first-order valence-corrected chi connectivity index (χ1v) is 10.1. The lowest BCUT2D eigenvalue weighted by molar-refractivity contribution is -0.150. The van der Waals surface area contributed by atoms with E-state index in [1.54, 1.807) is 0 Å². The third-order valence-electron chi connectivity index (χ3n) is 4.71. The van der Waals surface area contributed by atoms with Crippen molar-refractivity contribution in [2.24, 2.45) is 5.92 Å². The van der Waals surface area contributed by atoms with E-state index >= 15 is 0 Å². The van der Waals surface area contributed by atoms with Crippen LogP contribution in [0.25, 0.3) is 0 Å². The number of carbonyl (C=O) groups is 1. The zero-order valence-electron chi connectivity index (χ0n) is 17.0. The zero-order valence-corrected chi connectivity index (χ0v) is 17.0. The molecular weight excluding hydrogens is 370 g/mol. The van der Waals surface area contributed by atoms with E-state index in [0.717, 1.165) is 35.8 Å². The predicted molar refractivity (Wildman–Crippen MR) is 112 cm³/mol. The number of fused-ring (bicyclic) bond motifs is 1. The SMILES string of the molecule is CC(C)CO[C@@H](Cc1ccc(OCCN2CCOc3ccccc32)cc1)C(=O)O. The number of ether oxygens (including phenoxy) is 3. The molecule has 0 spiro atoms. The van der Waals surface area contributed by atoms with Gasteiger partial charge in [-0.1, -0.05) is 38.1 Å². The van der Waals surface area contributed by atoms with Gasteiger partial charge in [-0.3, -0.25) is 0 Å². The van der Waals surface area contributed by atoms with E-state index < -0.39 is 12.1 Å². The number of nitrogens with zero attached hydrogens (tertiary/aromatic N) is 1. The normalized spacial score (nSPS) is 14.2. The van der Waals surface area contributed by atoms with Gasteiger partial charge < -0.3 is 24.2 Å². The van der Waals surface area contributed by atoms with Crippen molar-refractivity contribution in [3.8, 4) is 11.5 Å². The Kier molecular flexibility index (Phi) is 7.36. The molecule has 1 N–H and O–H groups in total. The monoisotopic (exact) mass is 399 g/mol. The maximum atomic E-state index is 11.4. The molecule has 0 bridgehead atoms. The van der Waals surface area contributed by atoms with Gasteiger partial charge in [-0.05, 0) is 35.7 Å². The van der Waals surface area contributed by atoms with E-state index in [1.165, 1.54) is 0 Å². The minimum Gasteiger partial charge on any atom is -0.492 e. The van der Waals surface area contributed by atoms with Crippen molar-refractivity contribution in [1.29, 1.82) is 0 Å². The molecule has 0 aromatic heterocycles. The topological polar surface area (TPSA) is 68.2 Å². The lowest BCUT2D eigenvalue weighted by Crippen LogP contribution is -2.35. The molecule has 1 aliphatic heterocycles. The van der Waals surface area contributed by atoms with Crippen molar-refractivity contribution in [2.75, 3.05) is 37.8 Å². The molecule has 2 aromatic rings. The summed E-state index contributed by atoms with van der Waals surface area (Å²) < 4.78 is 17.1. The number of rotatable bonds is 10. The first-order chi connectivity index (χ1) is 14.0. The van der Waals surface area contributed by atoms with Crippen molar-refractivity contribution in [1.82, 2.24) is 0 Å². The molecule has 0 saturated heterocycles. The first-order valence-electron chi connectivity index (χ1n) is 10.1. The van der Waals surface area contributed by atoms with Gasteiger partial charge in [-0.15, -0.1) is 0 Å². The largest absolute Gasteiger partial charge is 0.492 e. The summed E-state index contributed by atoms with van der Waals surface area (Å²) in [5.41, 5.74) is 2.01. The van der Waals surface area contributed by atoms with Gasteiger partial charge >= 0.3 is 5.97 Å². The average molecular weight is 399 g/mol. The van der Waals surface area contributed by atoms with Crippen LogP contribution < -0.4 is 14.4 Å². The van der Waals surface area contributed by atoms with Gasteiger partial charge in [-0.25, -0.2) is 4.79 Å². The van der Waals surface area contributed by atoms with E-state index in [1.807, 2.05) is 56.3 Å². The van der Waals surface area contributed by atoms with Crippen LogP contribution in [-0.2, 0) is 16.0 Å². The number of carboxylic acids is 1. The minimum absolute atomic E-state index is 0.297. The standard InChI is InChI=1S/C23H29NO5/c1-17(2)16-29-22(23(25)26)15-18-7-9-19(10-8-18)27-13-11-24-12-14-28-21-6-4-3-5-20(21)24/h3-10,17,22H,11-16H2,1-2H3,(H,25,26)/t22-/m0/s1. The Hall–Kier alpha value is -2.73. The summed E-state index contributed by atoms with van der Waals surface area (Å²) in [4.78, 5) is 13.7. The first kappa shape index (κ1) is 21.0. The second-order valence-electron chi connectivity index (χ2n) is 7.55. The molecule has 6 heteroatoms. The molecule has 0 amide bonds. The zero-order chi connectivity index (χ0) is 20.6. The third-order valence-corrected chi connectivity index (χ3v) is 4.71. The average Bonchev–Trinajstić information content (AvgIpc) is 2.72. The van der Waals surface area contributed by atoms with Crippen LogP contribution >= 0.6 is 0 Å². The molecule has 1 atom stereocenters. The molecule has 0 aliphatic carbocycles. The molecular formula is C23H29NO5. The Balaban J connectivity index is 1.49. The lowest BCUT2D eigenvalue weighted by Gasteiger charge is -2.31. The molecule has 1 heterocycles. The van der Waals surface area contributed by atoms with Crippen LogP contribution in [0, 0.1) is 5.92 Å². The fourth-order valence-electron chi connectivity index (χ4n) is 3.19. The van der Waals surface area contributed by atoms with Gasteiger partial charge in [-0.2, -0.15) is 0 Å². The van der Waals surface area contributed by atoms with Crippen LogP contribution in [0.3, 0.4) is 0 Å². The lowest BCUT2D eigenvalue weighted by atomic mass is 10.1. The molecule has 1 aliphatic rings. The van der Waals surface area contributed by atoms with Gasteiger partial charge in [0.25, 0.3) is 0 Å². The van der Waals surface area contributed by atoms with Crippen molar-refractivity contribution in [2.45, 2.75) is 26.4 Å². The number of aliphatic carboxylic acids is 1. The summed E-state index contributed by atoms with van der Waals surface area (Å²) >= 11 is 0. The van der Waals surface area contributed by atoms with Crippen LogP contribution in [-0.4, -0.2) is 50.1 Å². The van der Waals surface area contributed by atoms with Gasteiger partial charge in [0, 0.05) is 6.42 Å². The van der Waals surface area contributed by atoms with Crippen molar-refractivity contribution < 1.29 is 24.1 Å². The molecule has 0 fully saturated rings. The highest BCUT2D eigenvalue weighted by molar-refractivity contribution is 5.72. The Labute approximate surface area is 172 Å². The molecule has 0 unspecified atom stereocenters. The Morgan fingerprint density at radius 3 is 2.66 bits per heavy atom. The maximum Gasteiger partial charge on any atom is 0.333 e. The van der Waals surface area contributed by atoms with Gasteiger partial charge in [0.15, 0.2) is 6.10 Å². The van der Waals surface area contributed by atoms with Crippen molar-refractivity contribution in [3.63, 3.8) is 0 Å². The highest BCUT2D eigenvalue weighted by Gasteiger charge is 2.19. The second kappa shape index (κ2) is 10.2. The number of anilines is 1. The summed E-state index contributed by atoms with van der Waals surface area (Å²) in [7, 11) is 0. The summed E-state index contributed by atoms with van der Waals surface area (Å²) in [6.45, 7) is 7.28. The molecule has 156 valence electrons. The number of hydrogen-bond acceptors (Lipinski definition) is 5. The number of benzene rings is 2. The van der Waals surface area contributed by atoms with E-state index in [2.05, 4.69) is 11.0 Å². The Morgan fingerprint density at radius 2 is 1.93 bits per heavy atom.